The van der Waals surface area contributed by atoms with Crippen LogP contribution in [0.1, 0.15) is 18.9 Å². The lowest BCUT2D eigenvalue weighted by Gasteiger charge is -2.17. The Kier molecular flexibility index (Phi) is 4.11. The molecule has 4 nitrogen and oxygen atoms in total. The van der Waals surface area contributed by atoms with Crippen LogP contribution in [0.3, 0.4) is 0 Å². The number of alkyl halides is 2. The second kappa shape index (κ2) is 5.18. The minimum absolute atomic E-state index is 0.0396. The Balaban J connectivity index is 2.99. The summed E-state index contributed by atoms with van der Waals surface area (Å²) >= 11 is 5.74. The largest absolute Gasteiger partial charge is 0.431 e. The predicted molar refractivity (Wildman–Crippen MR) is 59.8 cm³/mol. The van der Waals surface area contributed by atoms with Crippen molar-refractivity contribution < 1.29 is 18.7 Å². The first-order valence-electron chi connectivity index (χ1n) is 4.74. The summed E-state index contributed by atoms with van der Waals surface area (Å²) in [5.41, 5.74) is 5.63. The van der Waals surface area contributed by atoms with Gasteiger partial charge in [-0.25, -0.2) is 0 Å². The Morgan fingerprint density at radius 3 is 2.71 bits per heavy atom. The van der Waals surface area contributed by atoms with E-state index in [-0.39, 0.29) is 16.6 Å². The molecule has 0 aliphatic rings. The fourth-order valence-electron chi connectivity index (χ4n) is 1.03. The predicted octanol–water partition coefficient (Wildman–Crippen LogP) is 2.82. The van der Waals surface area contributed by atoms with Crippen molar-refractivity contribution in [1.29, 1.82) is 0 Å². The van der Waals surface area contributed by atoms with Crippen molar-refractivity contribution >= 4 is 17.4 Å². The van der Waals surface area contributed by atoms with E-state index in [2.05, 4.69) is 9.89 Å². The number of rotatable bonds is 4. The number of benzene rings is 1. The highest BCUT2D eigenvalue weighted by Gasteiger charge is 2.29. The summed E-state index contributed by atoms with van der Waals surface area (Å²) in [4.78, 5) is 0. The van der Waals surface area contributed by atoms with Gasteiger partial charge in [0.15, 0.2) is 5.84 Å². The van der Waals surface area contributed by atoms with E-state index >= 15 is 0 Å². The van der Waals surface area contributed by atoms with E-state index in [0.717, 1.165) is 0 Å². The number of amidine groups is 1. The van der Waals surface area contributed by atoms with Crippen molar-refractivity contribution in [1.82, 2.24) is 0 Å². The normalized spacial score (nSPS) is 12.6. The Hall–Kier alpha value is -1.56. The molecule has 0 saturated heterocycles. The van der Waals surface area contributed by atoms with Gasteiger partial charge >= 0.3 is 6.11 Å². The van der Waals surface area contributed by atoms with E-state index in [0.29, 0.717) is 5.56 Å². The van der Waals surface area contributed by atoms with Crippen LogP contribution >= 0.6 is 11.6 Å². The molecule has 0 unspecified atom stereocenters. The van der Waals surface area contributed by atoms with Gasteiger partial charge in [-0.2, -0.15) is 8.78 Å². The van der Waals surface area contributed by atoms with Gasteiger partial charge in [-0.1, -0.05) is 23.7 Å². The lowest BCUT2D eigenvalue weighted by molar-refractivity contribution is -0.177. The van der Waals surface area contributed by atoms with Gasteiger partial charge in [0.2, 0.25) is 0 Å². The fourth-order valence-corrected chi connectivity index (χ4v) is 1.25. The SMILES string of the molecule is CCC(F)(F)Oc1ccc(/C(N)=N\O)cc1Cl. The summed E-state index contributed by atoms with van der Waals surface area (Å²) in [6.45, 7) is 1.29. The molecule has 0 spiro atoms. The maximum absolute atomic E-state index is 13.0. The van der Waals surface area contributed by atoms with Crippen LogP contribution in [0, 0.1) is 0 Å². The second-order valence-electron chi connectivity index (χ2n) is 3.22. The molecule has 17 heavy (non-hydrogen) atoms. The molecule has 0 aliphatic heterocycles. The standard InChI is InChI=1S/C10H11ClF2N2O2/c1-2-10(12,13)17-8-4-3-6(5-7(8)11)9(14)15-16/h3-5,16H,2H2,1H3,(H2,14,15). The maximum Gasteiger partial charge on any atom is 0.397 e. The van der Waals surface area contributed by atoms with Crippen LogP contribution in [0.4, 0.5) is 8.78 Å². The highest BCUT2D eigenvalue weighted by atomic mass is 35.5. The number of hydrogen-bond acceptors (Lipinski definition) is 3. The maximum atomic E-state index is 13.0. The van der Waals surface area contributed by atoms with Crippen molar-refractivity contribution in [2.24, 2.45) is 10.9 Å². The van der Waals surface area contributed by atoms with Gasteiger partial charge in [-0.15, -0.1) is 0 Å². The topological polar surface area (TPSA) is 67.8 Å². The van der Waals surface area contributed by atoms with Crippen LogP contribution in [0.25, 0.3) is 0 Å². The van der Waals surface area contributed by atoms with E-state index in [1.165, 1.54) is 25.1 Å². The summed E-state index contributed by atoms with van der Waals surface area (Å²) in [6.07, 6.45) is -3.74. The number of nitrogens with zero attached hydrogens (tertiary/aromatic N) is 1. The molecule has 0 radical (unpaired) electrons. The van der Waals surface area contributed by atoms with Crippen LogP contribution in [-0.2, 0) is 0 Å². The van der Waals surface area contributed by atoms with Gasteiger partial charge in [-0.3, -0.25) is 0 Å². The molecule has 94 valence electrons. The van der Waals surface area contributed by atoms with E-state index in [9.17, 15) is 8.78 Å². The zero-order chi connectivity index (χ0) is 13.1. The number of nitrogens with two attached hydrogens (primary N) is 1. The summed E-state index contributed by atoms with van der Waals surface area (Å²) in [5, 5.41) is 11.2. The number of hydrogen-bond donors (Lipinski definition) is 2. The van der Waals surface area contributed by atoms with Gasteiger partial charge < -0.3 is 15.7 Å². The summed E-state index contributed by atoms with van der Waals surface area (Å²) in [6, 6.07) is 3.87. The molecule has 0 amide bonds. The first kappa shape index (κ1) is 13.5. The molecule has 0 atom stereocenters. The number of ether oxygens (including phenoxy) is 1. The summed E-state index contributed by atoms with van der Waals surface area (Å²) in [5.74, 6) is -0.325. The van der Waals surface area contributed by atoms with Crippen molar-refractivity contribution in [3.05, 3.63) is 28.8 Å². The molecule has 0 bridgehead atoms. The highest BCUT2D eigenvalue weighted by Crippen LogP contribution is 2.31. The minimum atomic E-state index is -3.28. The molecule has 1 aromatic carbocycles. The smallest absolute Gasteiger partial charge is 0.397 e. The van der Waals surface area contributed by atoms with E-state index < -0.39 is 12.5 Å². The quantitative estimate of drug-likeness (QED) is 0.380. The first-order valence-corrected chi connectivity index (χ1v) is 5.11. The molecule has 0 aliphatic carbocycles. The fraction of sp³-hybridized carbons (Fsp3) is 0.300. The molecule has 0 fully saturated rings. The molecule has 0 saturated carbocycles. The minimum Gasteiger partial charge on any atom is -0.431 e. The third kappa shape index (κ3) is 3.45. The molecule has 3 N–H and O–H groups in total. The highest BCUT2D eigenvalue weighted by molar-refractivity contribution is 6.32. The number of oxime groups is 1. The Morgan fingerprint density at radius 2 is 2.24 bits per heavy atom. The second-order valence-corrected chi connectivity index (χ2v) is 3.63. The third-order valence-corrected chi connectivity index (χ3v) is 2.30. The molecular formula is C10H11ClF2N2O2. The van der Waals surface area contributed by atoms with Gasteiger partial charge in [-0.05, 0) is 18.2 Å². The van der Waals surface area contributed by atoms with Gasteiger partial charge in [0.25, 0.3) is 0 Å². The molecule has 1 aromatic rings. The van der Waals surface area contributed by atoms with Gasteiger partial charge in [0.1, 0.15) is 5.75 Å². The monoisotopic (exact) mass is 264 g/mol. The average molecular weight is 265 g/mol. The molecular weight excluding hydrogens is 254 g/mol. The van der Waals surface area contributed by atoms with Gasteiger partial charge in [0, 0.05) is 12.0 Å². The van der Waals surface area contributed by atoms with Crippen molar-refractivity contribution in [2.75, 3.05) is 0 Å². The summed E-state index contributed by atoms with van der Waals surface area (Å²) < 4.78 is 30.4. The Morgan fingerprint density at radius 1 is 1.59 bits per heavy atom. The van der Waals surface area contributed by atoms with Crippen LogP contribution in [0.2, 0.25) is 5.02 Å². The lowest BCUT2D eigenvalue weighted by atomic mass is 10.2. The number of halogens is 3. The van der Waals surface area contributed by atoms with Crippen molar-refractivity contribution in [2.45, 2.75) is 19.5 Å². The molecule has 0 heterocycles. The zero-order valence-electron chi connectivity index (χ0n) is 8.95. The van der Waals surface area contributed by atoms with E-state index in [4.69, 9.17) is 22.5 Å². The Bertz CT molecular complexity index is 438. The first-order chi connectivity index (χ1) is 7.89. The van der Waals surface area contributed by atoms with Crippen LogP contribution < -0.4 is 10.5 Å². The van der Waals surface area contributed by atoms with Crippen LogP contribution in [-0.4, -0.2) is 17.2 Å². The Labute approximate surface area is 102 Å². The van der Waals surface area contributed by atoms with Crippen molar-refractivity contribution in [3.63, 3.8) is 0 Å². The van der Waals surface area contributed by atoms with Crippen LogP contribution in [0.5, 0.6) is 5.75 Å². The molecule has 1 rings (SSSR count). The lowest BCUT2D eigenvalue weighted by Crippen LogP contribution is -2.23. The van der Waals surface area contributed by atoms with E-state index in [1.54, 1.807) is 0 Å². The summed E-state index contributed by atoms with van der Waals surface area (Å²) in [7, 11) is 0. The molecule has 7 heteroatoms. The average Bonchev–Trinajstić information content (AvgIpc) is 2.30. The molecule has 0 aromatic heterocycles. The van der Waals surface area contributed by atoms with E-state index in [1.807, 2.05) is 0 Å². The zero-order valence-corrected chi connectivity index (χ0v) is 9.71. The van der Waals surface area contributed by atoms with Crippen LogP contribution in [0.15, 0.2) is 23.4 Å². The van der Waals surface area contributed by atoms with Crippen molar-refractivity contribution in [3.8, 4) is 5.75 Å². The third-order valence-electron chi connectivity index (χ3n) is 2.01. The van der Waals surface area contributed by atoms with Gasteiger partial charge in [0.05, 0.1) is 5.02 Å².